The van der Waals surface area contributed by atoms with Crippen LogP contribution in [-0.4, -0.2) is 28.0 Å². The average Bonchev–Trinajstić information content (AvgIpc) is 3.06. The number of hydrogen-bond donors (Lipinski definition) is 1. The molecule has 1 N–H and O–H groups in total. The van der Waals surface area contributed by atoms with Gasteiger partial charge < -0.3 is 10.1 Å². The van der Waals surface area contributed by atoms with Crippen LogP contribution in [0.2, 0.25) is 10.0 Å². The van der Waals surface area contributed by atoms with E-state index in [-0.39, 0.29) is 17.6 Å². The van der Waals surface area contributed by atoms with Crippen LogP contribution in [-0.2, 0) is 9.53 Å². The van der Waals surface area contributed by atoms with Crippen LogP contribution in [0.1, 0.15) is 30.2 Å². The number of hydrogen-bond acceptors (Lipinski definition) is 6. The predicted molar refractivity (Wildman–Crippen MR) is 110 cm³/mol. The van der Waals surface area contributed by atoms with Gasteiger partial charge in [0.2, 0.25) is 5.91 Å². The number of thiophene rings is 1. The number of anilines is 1. The zero-order valence-electron chi connectivity index (χ0n) is 14.9. The van der Waals surface area contributed by atoms with Crippen molar-refractivity contribution in [2.24, 2.45) is 0 Å². The van der Waals surface area contributed by atoms with Crippen molar-refractivity contribution in [3.63, 3.8) is 0 Å². The molecule has 1 aromatic carbocycles. The number of fused-ring (bicyclic) bond motifs is 1. The summed E-state index contributed by atoms with van der Waals surface area (Å²) in [6.07, 6.45) is 1.28. The maximum atomic E-state index is 12.9. The molecule has 0 spiro atoms. The summed E-state index contributed by atoms with van der Waals surface area (Å²) in [7, 11) is 0. The van der Waals surface area contributed by atoms with Gasteiger partial charge in [-0.25, -0.2) is 9.78 Å². The molecule has 0 bridgehead atoms. The van der Waals surface area contributed by atoms with E-state index in [9.17, 15) is 14.4 Å². The summed E-state index contributed by atoms with van der Waals surface area (Å²) in [4.78, 5) is 42.2. The summed E-state index contributed by atoms with van der Waals surface area (Å²) in [6, 6.07) is 3.73. The fraction of sp³-hybridized carbons (Fsp3) is 0.222. The van der Waals surface area contributed by atoms with Crippen LogP contribution < -0.4 is 10.9 Å². The molecule has 0 aliphatic carbocycles. The minimum Gasteiger partial charge on any atom is -0.462 e. The number of esters is 1. The van der Waals surface area contributed by atoms with Gasteiger partial charge in [-0.3, -0.25) is 14.2 Å². The van der Waals surface area contributed by atoms with Gasteiger partial charge in [0, 0.05) is 21.1 Å². The molecular formula is C18H15Cl2N3O4S. The van der Waals surface area contributed by atoms with Crippen molar-refractivity contribution in [3.8, 4) is 0 Å². The fourth-order valence-corrected chi connectivity index (χ4v) is 3.97. The molecule has 2 aromatic heterocycles. The Labute approximate surface area is 173 Å². The predicted octanol–water partition coefficient (Wildman–Crippen LogP) is 4.14. The molecule has 0 saturated heterocycles. The fourth-order valence-electron chi connectivity index (χ4n) is 2.58. The molecule has 3 rings (SSSR count). The molecule has 146 valence electrons. The van der Waals surface area contributed by atoms with Gasteiger partial charge in [0.05, 0.1) is 23.9 Å². The number of benzene rings is 1. The lowest BCUT2D eigenvalue weighted by atomic mass is 10.2. The molecule has 1 amide bonds. The third kappa shape index (κ3) is 4.04. The van der Waals surface area contributed by atoms with Gasteiger partial charge in [0.15, 0.2) is 0 Å². The van der Waals surface area contributed by atoms with E-state index in [2.05, 4.69) is 10.3 Å². The van der Waals surface area contributed by atoms with Gasteiger partial charge in [0.1, 0.15) is 10.9 Å². The molecule has 7 nitrogen and oxygen atoms in total. The highest BCUT2D eigenvalue weighted by Crippen LogP contribution is 2.24. The average molecular weight is 440 g/mol. The highest BCUT2D eigenvalue weighted by atomic mass is 35.5. The Bertz CT molecular complexity index is 1110. The zero-order chi connectivity index (χ0) is 20.4. The third-order valence-electron chi connectivity index (χ3n) is 3.94. The quantitative estimate of drug-likeness (QED) is 0.603. The molecule has 1 unspecified atom stereocenters. The summed E-state index contributed by atoms with van der Waals surface area (Å²) in [5, 5.41) is 5.06. The van der Waals surface area contributed by atoms with E-state index in [0.717, 1.165) is 11.3 Å². The number of ether oxygens (including phenoxy) is 1. The molecule has 0 aliphatic rings. The molecule has 0 aliphatic heterocycles. The minimum absolute atomic E-state index is 0.136. The van der Waals surface area contributed by atoms with Gasteiger partial charge in [-0.2, -0.15) is 0 Å². The van der Waals surface area contributed by atoms with Crippen LogP contribution in [0, 0.1) is 0 Å². The summed E-state index contributed by atoms with van der Waals surface area (Å²) < 4.78 is 6.15. The second kappa shape index (κ2) is 8.30. The number of rotatable bonds is 5. The van der Waals surface area contributed by atoms with Crippen molar-refractivity contribution in [2.45, 2.75) is 19.9 Å². The number of nitrogens with zero attached hydrogens (tertiary/aromatic N) is 2. The van der Waals surface area contributed by atoms with Crippen molar-refractivity contribution in [3.05, 3.63) is 55.9 Å². The third-order valence-corrected chi connectivity index (χ3v) is 5.26. The van der Waals surface area contributed by atoms with Crippen LogP contribution in [0.3, 0.4) is 0 Å². The minimum atomic E-state index is -0.892. The Morgan fingerprint density at radius 1 is 1.29 bits per heavy atom. The van der Waals surface area contributed by atoms with E-state index in [0.29, 0.717) is 20.6 Å². The Kier molecular flexibility index (Phi) is 6.02. The van der Waals surface area contributed by atoms with Gasteiger partial charge in [-0.05, 0) is 32.0 Å². The summed E-state index contributed by atoms with van der Waals surface area (Å²) >= 11 is 13.0. The smallest absolute Gasteiger partial charge is 0.339 e. The second-order valence-electron chi connectivity index (χ2n) is 5.83. The normalized spacial score (nSPS) is 12.0. The lowest BCUT2D eigenvalue weighted by Gasteiger charge is -2.15. The standard InChI is InChI=1S/C18H15Cl2N3O4S/c1-3-27-18(26)13-7-28-16-14(13)17(25)23(8-21-16)9(2)15(24)22-12-5-10(19)4-11(20)6-12/h4-9H,3H2,1-2H3,(H,22,24). The molecule has 28 heavy (non-hydrogen) atoms. The Hall–Kier alpha value is -2.42. The number of halogens is 2. The van der Waals surface area contributed by atoms with E-state index in [1.54, 1.807) is 26.0 Å². The van der Waals surface area contributed by atoms with Crippen LogP contribution in [0.25, 0.3) is 10.2 Å². The van der Waals surface area contributed by atoms with Gasteiger partial charge in [-0.1, -0.05) is 23.2 Å². The Balaban J connectivity index is 1.95. The molecule has 0 saturated carbocycles. The number of carbonyl (C=O) groups is 2. The van der Waals surface area contributed by atoms with Gasteiger partial charge >= 0.3 is 5.97 Å². The van der Waals surface area contributed by atoms with Gasteiger partial charge in [-0.15, -0.1) is 11.3 Å². The summed E-state index contributed by atoms with van der Waals surface area (Å²) in [6.45, 7) is 3.41. The van der Waals surface area contributed by atoms with E-state index >= 15 is 0 Å². The second-order valence-corrected chi connectivity index (χ2v) is 7.56. The SMILES string of the molecule is CCOC(=O)c1csc2ncn(C(C)C(=O)Nc3cc(Cl)cc(Cl)c3)c(=O)c12. The summed E-state index contributed by atoms with van der Waals surface area (Å²) in [5.41, 5.74) is 0.0446. The first-order valence-corrected chi connectivity index (χ1v) is 9.87. The molecule has 1 atom stereocenters. The maximum absolute atomic E-state index is 12.9. The molecular weight excluding hydrogens is 425 g/mol. The van der Waals surface area contributed by atoms with Crippen molar-refractivity contribution < 1.29 is 14.3 Å². The Morgan fingerprint density at radius 3 is 2.61 bits per heavy atom. The molecule has 10 heteroatoms. The van der Waals surface area contributed by atoms with E-state index in [1.165, 1.54) is 22.3 Å². The Morgan fingerprint density at radius 2 is 1.96 bits per heavy atom. The highest BCUT2D eigenvalue weighted by Gasteiger charge is 2.22. The highest BCUT2D eigenvalue weighted by molar-refractivity contribution is 7.17. The lowest BCUT2D eigenvalue weighted by Crippen LogP contribution is -2.32. The van der Waals surface area contributed by atoms with Crippen molar-refractivity contribution >= 4 is 62.3 Å². The number of nitrogens with one attached hydrogen (secondary N) is 1. The van der Waals surface area contributed by atoms with Crippen molar-refractivity contribution in [1.29, 1.82) is 0 Å². The van der Waals surface area contributed by atoms with E-state index in [4.69, 9.17) is 27.9 Å². The number of aromatic nitrogens is 2. The lowest BCUT2D eigenvalue weighted by molar-refractivity contribution is -0.118. The number of amides is 1. The van der Waals surface area contributed by atoms with Crippen LogP contribution in [0.4, 0.5) is 5.69 Å². The first-order chi connectivity index (χ1) is 13.3. The zero-order valence-corrected chi connectivity index (χ0v) is 17.2. The van der Waals surface area contributed by atoms with E-state index in [1.807, 2.05) is 0 Å². The van der Waals surface area contributed by atoms with Crippen LogP contribution >= 0.6 is 34.5 Å². The molecule has 3 aromatic rings. The monoisotopic (exact) mass is 439 g/mol. The molecule has 0 fully saturated rings. The van der Waals surface area contributed by atoms with Crippen LogP contribution in [0.15, 0.2) is 34.7 Å². The van der Waals surface area contributed by atoms with Gasteiger partial charge in [0.25, 0.3) is 5.56 Å². The largest absolute Gasteiger partial charge is 0.462 e. The van der Waals surface area contributed by atoms with Crippen LogP contribution in [0.5, 0.6) is 0 Å². The first-order valence-electron chi connectivity index (χ1n) is 8.24. The maximum Gasteiger partial charge on any atom is 0.339 e. The topological polar surface area (TPSA) is 90.3 Å². The molecule has 0 radical (unpaired) electrons. The first kappa shape index (κ1) is 20.3. The van der Waals surface area contributed by atoms with E-state index < -0.39 is 23.5 Å². The van der Waals surface area contributed by atoms with Crippen molar-refractivity contribution in [1.82, 2.24) is 9.55 Å². The summed E-state index contributed by atoms with van der Waals surface area (Å²) in [5.74, 6) is -1.06. The number of carbonyl (C=O) groups excluding carboxylic acids is 2. The van der Waals surface area contributed by atoms with Crippen molar-refractivity contribution in [2.75, 3.05) is 11.9 Å². The molecule has 2 heterocycles.